The number of halogens is 1. The van der Waals surface area contributed by atoms with Gasteiger partial charge in [-0.25, -0.2) is 4.39 Å². The smallest absolute Gasteiger partial charge is 0.251 e. The molecule has 3 aromatic carbocycles. The number of nitrogens with zero attached hydrogens (tertiary/aromatic N) is 2. The molecule has 1 saturated heterocycles. The molecular weight excluding hydrogens is 457 g/mol. The standard InChI is InChI=1S/C29H28FN3O3/c30-15-5-9-23-8-4-10-25(20-23)29(35)31-21-28(34)33-18-16-32(17-19-33)26-11-13-27(14-12-26)36-22-24-6-2-1-3-7-24/h1-4,6-8,10-14,20H,15-19,21-22H2,(H,31,35). The molecule has 0 spiro atoms. The molecule has 0 atom stereocenters. The fourth-order valence-corrected chi connectivity index (χ4v) is 3.95. The molecule has 184 valence electrons. The molecule has 0 aromatic heterocycles. The topological polar surface area (TPSA) is 61.9 Å². The van der Waals surface area contributed by atoms with Crippen molar-refractivity contribution in [3.63, 3.8) is 0 Å². The van der Waals surface area contributed by atoms with E-state index in [1.807, 2.05) is 54.6 Å². The van der Waals surface area contributed by atoms with E-state index in [9.17, 15) is 14.0 Å². The molecule has 36 heavy (non-hydrogen) atoms. The van der Waals surface area contributed by atoms with Gasteiger partial charge in [-0.05, 0) is 48.0 Å². The first-order chi connectivity index (χ1) is 17.6. The molecule has 1 heterocycles. The van der Waals surface area contributed by atoms with Gasteiger partial charge in [0.25, 0.3) is 5.91 Å². The molecule has 1 N–H and O–H groups in total. The van der Waals surface area contributed by atoms with Crippen LogP contribution < -0.4 is 15.0 Å². The fraction of sp³-hybridized carbons (Fsp3) is 0.241. The zero-order chi connectivity index (χ0) is 25.2. The van der Waals surface area contributed by atoms with Crippen molar-refractivity contribution in [2.24, 2.45) is 0 Å². The van der Waals surface area contributed by atoms with Crippen molar-refractivity contribution in [3.05, 3.63) is 95.6 Å². The van der Waals surface area contributed by atoms with E-state index >= 15 is 0 Å². The lowest BCUT2D eigenvalue weighted by molar-refractivity contribution is -0.130. The number of rotatable bonds is 7. The van der Waals surface area contributed by atoms with Crippen LogP contribution in [0.4, 0.5) is 10.1 Å². The number of anilines is 1. The summed E-state index contributed by atoms with van der Waals surface area (Å²) in [7, 11) is 0. The number of carbonyl (C=O) groups is 2. The molecular formula is C29H28FN3O3. The minimum Gasteiger partial charge on any atom is -0.489 e. The van der Waals surface area contributed by atoms with Gasteiger partial charge >= 0.3 is 0 Å². The Hall–Kier alpha value is -4.31. The van der Waals surface area contributed by atoms with Crippen LogP contribution in [0.15, 0.2) is 78.9 Å². The van der Waals surface area contributed by atoms with Crippen molar-refractivity contribution in [1.82, 2.24) is 10.2 Å². The van der Waals surface area contributed by atoms with Gasteiger partial charge in [-0.15, -0.1) is 0 Å². The van der Waals surface area contributed by atoms with Gasteiger partial charge in [0.1, 0.15) is 12.4 Å². The zero-order valence-corrected chi connectivity index (χ0v) is 20.0. The van der Waals surface area contributed by atoms with Crippen molar-refractivity contribution in [2.45, 2.75) is 6.61 Å². The molecule has 2 amide bonds. The number of carbonyl (C=O) groups excluding carboxylic acids is 2. The first-order valence-electron chi connectivity index (χ1n) is 11.8. The highest BCUT2D eigenvalue weighted by Crippen LogP contribution is 2.21. The Balaban J connectivity index is 1.22. The lowest BCUT2D eigenvalue weighted by Crippen LogP contribution is -2.51. The molecule has 0 bridgehead atoms. The van der Waals surface area contributed by atoms with Gasteiger partial charge in [-0.1, -0.05) is 48.2 Å². The number of benzene rings is 3. The third-order valence-corrected chi connectivity index (χ3v) is 5.91. The Morgan fingerprint density at radius 2 is 1.67 bits per heavy atom. The largest absolute Gasteiger partial charge is 0.489 e. The van der Waals surface area contributed by atoms with Crippen molar-refractivity contribution in [2.75, 3.05) is 44.3 Å². The maximum atomic E-state index is 12.6. The van der Waals surface area contributed by atoms with Crippen LogP contribution >= 0.6 is 0 Å². The second-order valence-electron chi connectivity index (χ2n) is 8.33. The third kappa shape index (κ3) is 6.86. The van der Waals surface area contributed by atoms with Crippen LogP contribution in [-0.2, 0) is 11.4 Å². The van der Waals surface area contributed by atoms with Gasteiger partial charge < -0.3 is 19.9 Å². The molecule has 1 aliphatic rings. The summed E-state index contributed by atoms with van der Waals surface area (Å²) in [6.45, 7) is 2.28. The SMILES string of the molecule is O=C(NCC(=O)N1CCN(c2ccc(OCc3ccccc3)cc2)CC1)c1cccc(C#CCF)c1. The second-order valence-corrected chi connectivity index (χ2v) is 8.33. The van der Waals surface area contributed by atoms with Crippen LogP contribution in [0.3, 0.4) is 0 Å². The van der Waals surface area contributed by atoms with Crippen molar-refractivity contribution >= 4 is 17.5 Å². The molecule has 0 unspecified atom stereocenters. The van der Waals surface area contributed by atoms with E-state index in [0.717, 1.165) is 17.0 Å². The molecule has 0 saturated carbocycles. The molecule has 7 heteroatoms. The first-order valence-corrected chi connectivity index (χ1v) is 11.8. The van der Waals surface area contributed by atoms with Gasteiger partial charge in [-0.2, -0.15) is 0 Å². The molecule has 0 radical (unpaired) electrons. The van der Waals surface area contributed by atoms with Gasteiger partial charge in [0.05, 0.1) is 6.54 Å². The van der Waals surface area contributed by atoms with E-state index in [1.54, 1.807) is 29.2 Å². The highest BCUT2D eigenvalue weighted by atomic mass is 19.1. The summed E-state index contributed by atoms with van der Waals surface area (Å²) in [5.74, 6) is 5.31. The van der Waals surface area contributed by atoms with E-state index in [0.29, 0.717) is 43.9 Å². The van der Waals surface area contributed by atoms with Crippen LogP contribution in [0.1, 0.15) is 21.5 Å². The lowest BCUT2D eigenvalue weighted by Gasteiger charge is -2.36. The van der Waals surface area contributed by atoms with E-state index in [1.165, 1.54) is 0 Å². The summed E-state index contributed by atoms with van der Waals surface area (Å²) in [5.41, 5.74) is 3.14. The van der Waals surface area contributed by atoms with Crippen LogP contribution in [0.25, 0.3) is 0 Å². The summed E-state index contributed by atoms with van der Waals surface area (Å²) >= 11 is 0. The predicted molar refractivity (Wildman–Crippen MR) is 138 cm³/mol. The van der Waals surface area contributed by atoms with Crippen molar-refractivity contribution in [3.8, 4) is 17.6 Å². The molecule has 4 rings (SSSR count). The highest BCUT2D eigenvalue weighted by molar-refractivity contribution is 5.96. The van der Waals surface area contributed by atoms with Gasteiger partial charge in [-0.3, -0.25) is 9.59 Å². The van der Waals surface area contributed by atoms with E-state index in [4.69, 9.17) is 4.74 Å². The maximum Gasteiger partial charge on any atom is 0.251 e. The first kappa shape index (κ1) is 24.8. The average molecular weight is 486 g/mol. The van der Waals surface area contributed by atoms with Gasteiger partial charge in [0.2, 0.25) is 5.91 Å². The molecule has 0 aliphatic carbocycles. The average Bonchev–Trinajstić information content (AvgIpc) is 2.94. The monoisotopic (exact) mass is 485 g/mol. The normalized spacial score (nSPS) is 12.9. The van der Waals surface area contributed by atoms with Crippen LogP contribution in [0, 0.1) is 11.8 Å². The number of amides is 2. The lowest BCUT2D eigenvalue weighted by atomic mass is 10.1. The Bertz CT molecular complexity index is 1230. The highest BCUT2D eigenvalue weighted by Gasteiger charge is 2.22. The summed E-state index contributed by atoms with van der Waals surface area (Å²) in [5, 5.41) is 2.67. The van der Waals surface area contributed by atoms with E-state index in [2.05, 4.69) is 22.1 Å². The van der Waals surface area contributed by atoms with Crippen LogP contribution in [-0.4, -0.2) is 56.1 Å². The van der Waals surface area contributed by atoms with Crippen LogP contribution in [0.5, 0.6) is 5.75 Å². The van der Waals surface area contributed by atoms with Gasteiger partial charge in [0, 0.05) is 43.0 Å². The Morgan fingerprint density at radius 1 is 0.917 bits per heavy atom. The van der Waals surface area contributed by atoms with Crippen molar-refractivity contribution in [1.29, 1.82) is 0 Å². The molecule has 6 nitrogen and oxygen atoms in total. The maximum absolute atomic E-state index is 12.6. The number of piperazine rings is 1. The minimum atomic E-state index is -0.743. The number of nitrogens with one attached hydrogen (secondary N) is 1. The molecule has 1 fully saturated rings. The number of hydrogen-bond acceptors (Lipinski definition) is 4. The molecule has 3 aromatic rings. The quantitative estimate of drug-likeness (QED) is 0.519. The summed E-state index contributed by atoms with van der Waals surface area (Å²) in [6.07, 6.45) is 0. The van der Waals surface area contributed by atoms with Crippen LogP contribution in [0.2, 0.25) is 0 Å². The Kier molecular flexibility index (Phi) is 8.55. The van der Waals surface area contributed by atoms with E-state index < -0.39 is 6.67 Å². The molecule has 1 aliphatic heterocycles. The van der Waals surface area contributed by atoms with Crippen molar-refractivity contribution < 1.29 is 18.7 Å². The Labute approximate surface area is 210 Å². The number of ether oxygens (including phenoxy) is 1. The predicted octanol–water partition coefficient (Wildman–Crippen LogP) is 3.67. The second kappa shape index (κ2) is 12.4. The van der Waals surface area contributed by atoms with Gasteiger partial charge in [0.15, 0.2) is 6.67 Å². The Morgan fingerprint density at radius 3 is 2.39 bits per heavy atom. The van der Waals surface area contributed by atoms with E-state index in [-0.39, 0.29) is 18.4 Å². The number of hydrogen-bond donors (Lipinski definition) is 1. The summed E-state index contributed by atoms with van der Waals surface area (Å²) in [4.78, 5) is 29.0. The number of alkyl halides is 1. The summed E-state index contributed by atoms with van der Waals surface area (Å²) in [6, 6.07) is 24.6. The third-order valence-electron chi connectivity index (χ3n) is 5.91. The minimum absolute atomic E-state index is 0.0767. The fourth-order valence-electron chi connectivity index (χ4n) is 3.95. The summed E-state index contributed by atoms with van der Waals surface area (Å²) < 4.78 is 18.1. The zero-order valence-electron chi connectivity index (χ0n) is 20.0.